The Morgan fingerprint density at radius 3 is 0.828 bits per heavy atom. The van der Waals surface area contributed by atoms with Gasteiger partial charge in [0.2, 0.25) is 0 Å². The standard InChI is InChI=1S/C83H130NO8P/c1-3-5-7-9-11-13-15-17-19-21-23-25-27-29-31-33-35-37-39-40-42-44-46-48-50-52-54-56-58-60-62-64-66-68-70-72-74-76-83(86)92-81(80-91-93(87,88)90-78-77-84)79-89-82(85)75-73-71-69-67-65-63-61-59-57-55-53-51-49-47-45-43-41-38-36-34-32-30-28-26-24-22-20-18-16-14-12-10-8-6-4-2/h5-8,11-14,17-20,23-26,29-32,35-38,40,42-43,45-46,48-49,51-52,54,58,60,81H,3-4,9-10,15-16,21-22,27-28,33-34,39,41,44,47,50,53,55-57,59,61-80,84H2,1-2H3,(H,87,88)/b7-5-,8-6-,13-11-,14-12-,19-17-,20-18-,25-23-,26-24-,31-29-,32-30-,37-35-,38-36-,42-40-,45-43-,48-46-,51-49-,54-52-,60-58-. The molecular formula is C83H130NO8P. The molecule has 0 rings (SSSR count). The Labute approximate surface area is 569 Å². The molecule has 0 aliphatic rings. The number of nitrogens with two attached hydrogens (primary N) is 1. The lowest BCUT2D eigenvalue weighted by Gasteiger charge is -2.19. The van der Waals surface area contributed by atoms with Crippen LogP contribution in [0.1, 0.15) is 258 Å². The maximum absolute atomic E-state index is 12.8. The molecule has 0 aromatic rings. The fraction of sp³-hybridized carbons (Fsp3) is 0.542. The third kappa shape index (κ3) is 75.2. The van der Waals surface area contributed by atoms with Crippen LogP contribution >= 0.6 is 7.82 Å². The first-order valence-electron chi connectivity index (χ1n) is 36.2. The second-order valence-corrected chi connectivity index (χ2v) is 24.4. The molecule has 0 saturated heterocycles. The lowest BCUT2D eigenvalue weighted by molar-refractivity contribution is -0.161. The van der Waals surface area contributed by atoms with E-state index in [1.165, 1.54) is 38.5 Å². The highest BCUT2D eigenvalue weighted by Crippen LogP contribution is 2.43. The van der Waals surface area contributed by atoms with E-state index in [0.29, 0.717) is 12.8 Å². The second kappa shape index (κ2) is 75.4. The first-order chi connectivity index (χ1) is 45.8. The number of ether oxygens (including phenoxy) is 2. The minimum Gasteiger partial charge on any atom is -0.462 e. The van der Waals surface area contributed by atoms with Crippen molar-refractivity contribution in [3.8, 4) is 0 Å². The van der Waals surface area contributed by atoms with Gasteiger partial charge in [-0.15, -0.1) is 0 Å². The van der Waals surface area contributed by atoms with Crippen LogP contribution < -0.4 is 5.73 Å². The zero-order valence-corrected chi connectivity index (χ0v) is 59.3. The predicted octanol–water partition coefficient (Wildman–Crippen LogP) is 24.4. The normalized spacial score (nSPS) is 14.2. The van der Waals surface area contributed by atoms with Crippen molar-refractivity contribution in [2.24, 2.45) is 5.73 Å². The van der Waals surface area contributed by atoms with E-state index in [1.807, 2.05) is 0 Å². The summed E-state index contributed by atoms with van der Waals surface area (Å²) in [5, 5.41) is 0. The molecule has 0 heterocycles. The Hall–Kier alpha value is -5.67. The minimum absolute atomic E-state index is 0.0386. The quantitative estimate of drug-likeness (QED) is 0.0264. The van der Waals surface area contributed by atoms with Gasteiger partial charge in [-0.25, -0.2) is 4.57 Å². The number of phosphoric ester groups is 1. The van der Waals surface area contributed by atoms with Crippen molar-refractivity contribution in [2.45, 2.75) is 264 Å². The minimum atomic E-state index is -4.42. The van der Waals surface area contributed by atoms with Crippen LogP contribution in [0.15, 0.2) is 219 Å². The van der Waals surface area contributed by atoms with E-state index in [9.17, 15) is 19.0 Å². The van der Waals surface area contributed by atoms with Crippen molar-refractivity contribution in [3.63, 3.8) is 0 Å². The summed E-state index contributed by atoms with van der Waals surface area (Å²) in [4.78, 5) is 35.4. The summed E-state index contributed by atoms with van der Waals surface area (Å²) in [6.07, 6.45) is 117. The van der Waals surface area contributed by atoms with Gasteiger partial charge in [0.25, 0.3) is 0 Å². The van der Waals surface area contributed by atoms with Crippen LogP contribution in [0.3, 0.4) is 0 Å². The number of hydrogen-bond donors (Lipinski definition) is 2. The van der Waals surface area contributed by atoms with Gasteiger partial charge in [-0.05, 0) is 154 Å². The smallest absolute Gasteiger partial charge is 0.462 e. The van der Waals surface area contributed by atoms with Gasteiger partial charge < -0.3 is 20.1 Å². The Kier molecular flexibility index (Phi) is 70.8. The van der Waals surface area contributed by atoms with Crippen molar-refractivity contribution in [1.29, 1.82) is 0 Å². The fourth-order valence-electron chi connectivity index (χ4n) is 9.09. The van der Waals surface area contributed by atoms with Crippen molar-refractivity contribution in [2.75, 3.05) is 26.4 Å². The van der Waals surface area contributed by atoms with Crippen molar-refractivity contribution < 1.29 is 37.6 Å². The monoisotopic (exact) mass is 1300 g/mol. The van der Waals surface area contributed by atoms with Gasteiger partial charge >= 0.3 is 19.8 Å². The van der Waals surface area contributed by atoms with Gasteiger partial charge in [-0.3, -0.25) is 18.6 Å². The van der Waals surface area contributed by atoms with E-state index in [0.717, 1.165) is 180 Å². The van der Waals surface area contributed by atoms with Crippen LogP contribution in [0.4, 0.5) is 0 Å². The average Bonchev–Trinajstić information content (AvgIpc) is 3.04. The van der Waals surface area contributed by atoms with Gasteiger partial charge in [0, 0.05) is 19.4 Å². The van der Waals surface area contributed by atoms with Crippen LogP contribution in [0.2, 0.25) is 0 Å². The number of unbranched alkanes of at least 4 members (excludes halogenated alkanes) is 16. The maximum atomic E-state index is 12.8. The average molecular weight is 1300 g/mol. The number of rotatable bonds is 65. The van der Waals surface area contributed by atoms with E-state index < -0.39 is 32.5 Å². The summed E-state index contributed by atoms with van der Waals surface area (Å²) >= 11 is 0. The molecule has 0 spiro atoms. The van der Waals surface area contributed by atoms with Gasteiger partial charge in [0.05, 0.1) is 13.2 Å². The van der Waals surface area contributed by atoms with Crippen LogP contribution in [-0.2, 0) is 32.7 Å². The summed E-state index contributed by atoms with van der Waals surface area (Å²) in [5.74, 6) is -0.864. The van der Waals surface area contributed by atoms with Gasteiger partial charge in [-0.1, -0.05) is 310 Å². The number of esters is 2. The molecular weight excluding hydrogens is 1170 g/mol. The number of hydrogen-bond acceptors (Lipinski definition) is 8. The predicted molar refractivity (Wildman–Crippen MR) is 403 cm³/mol. The summed E-state index contributed by atoms with van der Waals surface area (Å²) in [5.41, 5.74) is 5.40. The van der Waals surface area contributed by atoms with Gasteiger partial charge in [0.15, 0.2) is 6.10 Å². The van der Waals surface area contributed by atoms with E-state index in [-0.39, 0.29) is 32.6 Å². The number of allylic oxidation sites excluding steroid dienone is 36. The zero-order chi connectivity index (χ0) is 67.2. The lowest BCUT2D eigenvalue weighted by atomic mass is 10.1. The van der Waals surface area contributed by atoms with E-state index >= 15 is 0 Å². The van der Waals surface area contributed by atoms with Crippen LogP contribution in [0, 0.1) is 0 Å². The molecule has 0 amide bonds. The van der Waals surface area contributed by atoms with Gasteiger partial charge in [0.1, 0.15) is 6.61 Å². The van der Waals surface area contributed by atoms with Crippen LogP contribution in [0.5, 0.6) is 0 Å². The molecule has 9 nitrogen and oxygen atoms in total. The molecule has 10 heteroatoms. The summed E-state index contributed by atoms with van der Waals surface area (Å²) in [6.45, 7) is 3.47. The van der Waals surface area contributed by atoms with Gasteiger partial charge in [-0.2, -0.15) is 0 Å². The molecule has 520 valence electrons. The van der Waals surface area contributed by atoms with E-state index in [4.69, 9.17) is 24.3 Å². The first kappa shape index (κ1) is 87.3. The third-order valence-electron chi connectivity index (χ3n) is 14.4. The molecule has 3 N–H and O–H groups in total. The Morgan fingerprint density at radius 2 is 0.559 bits per heavy atom. The molecule has 93 heavy (non-hydrogen) atoms. The molecule has 0 aromatic heterocycles. The second-order valence-electron chi connectivity index (χ2n) is 23.0. The largest absolute Gasteiger partial charge is 0.472 e. The molecule has 2 atom stereocenters. The molecule has 0 aliphatic heterocycles. The van der Waals surface area contributed by atoms with E-state index in [1.54, 1.807) is 0 Å². The Balaban J connectivity index is 4.03. The number of carbonyl (C=O) groups excluding carboxylic acids is 2. The molecule has 0 bridgehead atoms. The first-order valence-corrected chi connectivity index (χ1v) is 37.7. The topological polar surface area (TPSA) is 134 Å². The Bertz CT molecular complexity index is 2330. The molecule has 0 aliphatic carbocycles. The molecule has 0 radical (unpaired) electrons. The maximum Gasteiger partial charge on any atom is 0.472 e. The highest BCUT2D eigenvalue weighted by molar-refractivity contribution is 7.47. The number of carbonyl (C=O) groups is 2. The molecule has 0 fully saturated rings. The summed E-state index contributed by atoms with van der Waals surface area (Å²) in [7, 11) is -4.42. The van der Waals surface area contributed by atoms with Crippen LogP contribution in [-0.4, -0.2) is 49.3 Å². The zero-order valence-electron chi connectivity index (χ0n) is 58.4. The van der Waals surface area contributed by atoms with Crippen molar-refractivity contribution in [3.05, 3.63) is 219 Å². The SMILES string of the molecule is CC/C=C\C/C=C\C/C=C\C/C=C\C/C=C\C/C=C\C/C=C\C/C=C\C/C=C\C/C=C\CCCCCCCCC(=O)OC(COC(=O)CCCCCCCCCCCC/C=C\C/C=C\C/C=C\C/C=C\C/C=C\C/C=C\C/C=C\C/C=C\CC)COP(=O)(O)OCCN. The van der Waals surface area contributed by atoms with E-state index in [2.05, 4.69) is 233 Å². The summed E-state index contributed by atoms with van der Waals surface area (Å²) < 4.78 is 33.2. The molecule has 2 unspecified atom stereocenters. The van der Waals surface area contributed by atoms with Crippen molar-refractivity contribution >= 4 is 19.8 Å². The molecule has 0 aromatic carbocycles. The molecule has 0 saturated carbocycles. The lowest BCUT2D eigenvalue weighted by Crippen LogP contribution is -2.29. The highest BCUT2D eigenvalue weighted by atomic mass is 31.2. The summed E-state index contributed by atoms with van der Waals surface area (Å²) in [6, 6.07) is 0. The highest BCUT2D eigenvalue weighted by Gasteiger charge is 2.26. The van der Waals surface area contributed by atoms with Crippen molar-refractivity contribution in [1.82, 2.24) is 0 Å². The Morgan fingerprint density at radius 1 is 0.323 bits per heavy atom. The third-order valence-corrected chi connectivity index (χ3v) is 15.3. The number of phosphoric acid groups is 1. The fourth-order valence-corrected chi connectivity index (χ4v) is 9.86. The van der Waals surface area contributed by atoms with Crippen LogP contribution in [0.25, 0.3) is 0 Å².